The lowest BCUT2D eigenvalue weighted by Gasteiger charge is -2.24. The maximum Gasteiger partial charge on any atom is 0.438 e. The number of aromatic nitrogens is 3. The predicted octanol–water partition coefficient (Wildman–Crippen LogP) is 1.93. The van der Waals surface area contributed by atoms with Crippen molar-refractivity contribution in [3.8, 4) is 0 Å². The van der Waals surface area contributed by atoms with Gasteiger partial charge in [-0.3, -0.25) is 19.1 Å². The summed E-state index contributed by atoms with van der Waals surface area (Å²) in [5, 5.41) is 9.74. The SMILES string of the molecule is CCCC[C@H](NC(=O)c1cccn1CC)C(=O)N[C@H]1CCC[C@H]1c1noc(=O)[nH]1. The molecule has 3 rings (SSSR count). The van der Waals surface area contributed by atoms with E-state index in [0.717, 1.165) is 32.1 Å². The van der Waals surface area contributed by atoms with Gasteiger partial charge >= 0.3 is 5.76 Å². The van der Waals surface area contributed by atoms with E-state index in [4.69, 9.17) is 0 Å². The van der Waals surface area contributed by atoms with Crippen molar-refractivity contribution in [1.29, 1.82) is 0 Å². The summed E-state index contributed by atoms with van der Waals surface area (Å²) in [4.78, 5) is 39.6. The van der Waals surface area contributed by atoms with Crippen LogP contribution < -0.4 is 16.4 Å². The van der Waals surface area contributed by atoms with Gasteiger partial charge in [-0.1, -0.05) is 31.3 Å². The number of unbranched alkanes of at least 4 members (excludes halogenated alkanes) is 1. The minimum atomic E-state index is -0.611. The van der Waals surface area contributed by atoms with E-state index in [-0.39, 0.29) is 23.8 Å². The summed E-state index contributed by atoms with van der Waals surface area (Å²) in [6.45, 7) is 4.70. The van der Waals surface area contributed by atoms with Gasteiger partial charge in [0.1, 0.15) is 11.7 Å². The Morgan fingerprint density at radius 1 is 1.38 bits per heavy atom. The highest BCUT2D eigenvalue weighted by Gasteiger charge is 2.34. The smallest absolute Gasteiger partial charge is 0.351 e. The highest BCUT2D eigenvalue weighted by molar-refractivity contribution is 5.96. The molecule has 2 amide bonds. The van der Waals surface area contributed by atoms with Gasteiger partial charge in [0.25, 0.3) is 5.91 Å². The number of hydrogen-bond acceptors (Lipinski definition) is 5. The number of amides is 2. The molecule has 2 aromatic heterocycles. The zero-order valence-electron chi connectivity index (χ0n) is 16.9. The van der Waals surface area contributed by atoms with Gasteiger partial charge in [0, 0.05) is 24.7 Å². The molecule has 0 radical (unpaired) electrons. The third-order valence-electron chi connectivity index (χ3n) is 5.52. The van der Waals surface area contributed by atoms with Crippen LogP contribution in [0, 0.1) is 0 Å². The summed E-state index contributed by atoms with van der Waals surface area (Å²) in [7, 11) is 0. The molecule has 9 nitrogen and oxygen atoms in total. The van der Waals surface area contributed by atoms with Gasteiger partial charge in [-0.2, -0.15) is 0 Å². The molecule has 0 spiro atoms. The molecule has 1 saturated carbocycles. The number of hydrogen-bond donors (Lipinski definition) is 3. The maximum atomic E-state index is 13.0. The minimum absolute atomic E-state index is 0.0924. The summed E-state index contributed by atoms with van der Waals surface area (Å²) in [6, 6.07) is 2.81. The Hall–Kier alpha value is -2.84. The van der Waals surface area contributed by atoms with Gasteiger partial charge in [-0.15, -0.1) is 0 Å². The number of nitrogens with one attached hydrogen (secondary N) is 3. The van der Waals surface area contributed by atoms with Crippen LogP contribution in [0.2, 0.25) is 0 Å². The van der Waals surface area contributed by atoms with Crippen molar-refractivity contribution in [2.24, 2.45) is 0 Å². The molecule has 158 valence electrons. The van der Waals surface area contributed by atoms with Gasteiger partial charge in [-0.05, 0) is 38.3 Å². The third-order valence-corrected chi connectivity index (χ3v) is 5.52. The number of rotatable bonds is 9. The Labute approximate surface area is 169 Å². The van der Waals surface area contributed by atoms with Crippen LogP contribution in [0.5, 0.6) is 0 Å². The van der Waals surface area contributed by atoms with Crippen molar-refractivity contribution in [2.75, 3.05) is 0 Å². The normalized spacial score (nSPS) is 19.8. The average molecular weight is 403 g/mol. The lowest BCUT2D eigenvalue weighted by Crippen LogP contribution is -2.50. The zero-order chi connectivity index (χ0) is 20.8. The highest BCUT2D eigenvalue weighted by atomic mass is 16.5. The monoisotopic (exact) mass is 403 g/mol. The molecule has 0 aliphatic heterocycles. The molecule has 0 saturated heterocycles. The molecule has 1 aliphatic rings. The Bertz CT molecular complexity index is 883. The van der Waals surface area contributed by atoms with E-state index in [1.54, 1.807) is 6.07 Å². The second kappa shape index (κ2) is 9.58. The van der Waals surface area contributed by atoms with Crippen LogP contribution in [-0.4, -0.2) is 38.6 Å². The first-order valence-corrected chi connectivity index (χ1v) is 10.4. The number of aromatic amines is 1. The molecule has 2 aromatic rings. The van der Waals surface area contributed by atoms with Crippen LogP contribution in [0.3, 0.4) is 0 Å². The molecule has 3 N–H and O–H groups in total. The predicted molar refractivity (Wildman–Crippen MR) is 107 cm³/mol. The van der Waals surface area contributed by atoms with E-state index in [1.165, 1.54) is 0 Å². The second-order valence-electron chi connectivity index (χ2n) is 7.48. The van der Waals surface area contributed by atoms with Crippen molar-refractivity contribution in [1.82, 2.24) is 25.3 Å². The van der Waals surface area contributed by atoms with Gasteiger partial charge in [0.2, 0.25) is 5.91 Å². The van der Waals surface area contributed by atoms with Crippen LogP contribution >= 0.6 is 0 Å². The molecule has 0 aromatic carbocycles. The van der Waals surface area contributed by atoms with Crippen molar-refractivity contribution < 1.29 is 14.1 Å². The van der Waals surface area contributed by atoms with Gasteiger partial charge in [0.05, 0.1) is 0 Å². The Morgan fingerprint density at radius 3 is 2.90 bits per heavy atom. The molecular formula is C20H29N5O4. The van der Waals surface area contributed by atoms with E-state index in [1.807, 2.05) is 30.7 Å². The second-order valence-corrected chi connectivity index (χ2v) is 7.48. The van der Waals surface area contributed by atoms with E-state index in [9.17, 15) is 14.4 Å². The molecule has 2 heterocycles. The van der Waals surface area contributed by atoms with Crippen molar-refractivity contribution in [2.45, 2.75) is 76.9 Å². The van der Waals surface area contributed by atoms with E-state index in [2.05, 4.69) is 25.3 Å². The molecule has 0 bridgehead atoms. The maximum absolute atomic E-state index is 13.0. The summed E-state index contributed by atoms with van der Waals surface area (Å²) < 4.78 is 6.46. The fourth-order valence-corrected chi connectivity index (χ4v) is 3.95. The van der Waals surface area contributed by atoms with Gasteiger partial charge in [-0.25, -0.2) is 4.79 Å². The number of carbonyl (C=O) groups excluding carboxylic acids is 2. The average Bonchev–Trinajstić information content (AvgIpc) is 3.44. The fraction of sp³-hybridized carbons (Fsp3) is 0.600. The first-order chi connectivity index (χ1) is 14.0. The molecular weight excluding hydrogens is 374 g/mol. The summed E-state index contributed by atoms with van der Waals surface area (Å²) in [5.74, 6) is -0.678. The van der Waals surface area contributed by atoms with Crippen LogP contribution in [0.15, 0.2) is 27.6 Å². The van der Waals surface area contributed by atoms with Crippen LogP contribution in [0.4, 0.5) is 0 Å². The Balaban J connectivity index is 1.68. The first kappa shape index (κ1) is 20.9. The first-order valence-electron chi connectivity index (χ1n) is 10.4. The zero-order valence-corrected chi connectivity index (χ0v) is 16.9. The number of H-pyrrole nitrogens is 1. The molecule has 9 heteroatoms. The third kappa shape index (κ3) is 4.96. The van der Waals surface area contributed by atoms with Crippen molar-refractivity contribution in [3.05, 3.63) is 40.4 Å². The van der Waals surface area contributed by atoms with Gasteiger partial charge < -0.3 is 15.2 Å². The highest BCUT2D eigenvalue weighted by Crippen LogP contribution is 2.32. The fourth-order valence-electron chi connectivity index (χ4n) is 3.95. The van der Waals surface area contributed by atoms with E-state index >= 15 is 0 Å². The lowest BCUT2D eigenvalue weighted by molar-refractivity contribution is -0.124. The topological polar surface area (TPSA) is 122 Å². The number of aryl methyl sites for hydroxylation is 1. The molecule has 1 aliphatic carbocycles. The van der Waals surface area contributed by atoms with Crippen molar-refractivity contribution in [3.63, 3.8) is 0 Å². The number of nitrogens with zero attached hydrogens (tertiary/aromatic N) is 2. The standard InChI is InChI=1S/C20H29N5O4/c1-3-5-9-15(22-19(27)16-11-7-12-25(16)4-2)18(26)21-14-10-6-8-13(14)17-23-20(28)29-24-17/h7,11-15H,3-6,8-10H2,1-2H3,(H,21,26)(H,22,27)(H,23,24,28)/t13-,14+,15+/m1/s1. The number of carbonyl (C=O) groups is 2. The molecule has 29 heavy (non-hydrogen) atoms. The van der Waals surface area contributed by atoms with Crippen LogP contribution in [-0.2, 0) is 11.3 Å². The Kier molecular flexibility index (Phi) is 6.90. The van der Waals surface area contributed by atoms with Crippen molar-refractivity contribution >= 4 is 11.8 Å². The van der Waals surface area contributed by atoms with E-state index in [0.29, 0.717) is 24.5 Å². The molecule has 3 atom stereocenters. The molecule has 1 fully saturated rings. The lowest BCUT2D eigenvalue weighted by atomic mass is 10.0. The Morgan fingerprint density at radius 2 is 2.21 bits per heavy atom. The molecule has 0 unspecified atom stereocenters. The van der Waals surface area contributed by atoms with Crippen LogP contribution in [0.25, 0.3) is 0 Å². The quantitative estimate of drug-likeness (QED) is 0.590. The minimum Gasteiger partial charge on any atom is -0.351 e. The summed E-state index contributed by atoms with van der Waals surface area (Å²) >= 11 is 0. The van der Waals surface area contributed by atoms with Gasteiger partial charge in [0.15, 0.2) is 5.82 Å². The largest absolute Gasteiger partial charge is 0.438 e. The van der Waals surface area contributed by atoms with E-state index < -0.39 is 11.8 Å². The van der Waals surface area contributed by atoms with Crippen LogP contribution in [0.1, 0.15) is 74.6 Å². The summed E-state index contributed by atoms with van der Waals surface area (Å²) in [5.41, 5.74) is 0.542. The summed E-state index contributed by atoms with van der Waals surface area (Å²) in [6.07, 6.45) is 6.69.